The minimum absolute atomic E-state index is 0.125. The zero-order valence-electron chi connectivity index (χ0n) is 37.8. The van der Waals surface area contributed by atoms with Gasteiger partial charge in [-0.3, -0.25) is 0 Å². The number of fused-ring (bicyclic) bond motifs is 5. The summed E-state index contributed by atoms with van der Waals surface area (Å²) in [7, 11) is 0. The zero-order chi connectivity index (χ0) is 41.1. The van der Waals surface area contributed by atoms with Crippen molar-refractivity contribution in [2.75, 3.05) is 0 Å². The maximum atomic E-state index is 9.35. The molecule has 0 saturated carbocycles. The molecule has 7 aromatic rings. The van der Waals surface area contributed by atoms with Crippen molar-refractivity contribution in [1.29, 1.82) is 0 Å². The molecular weight excluding hydrogens is 448 g/mol. The van der Waals surface area contributed by atoms with Gasteiger partial charge in [-0.05, 0) is 73.1 Å². The lowest BCUT2D eigenvalue weighted by molar-refractivity contribution is 0.669. The van der Waals surface area contributed by atoms with Gasteiger partial charge in [0.2, 0.25) is 0 Å². The normalized spacial score (nSPS) is 19.8. The molecule has 1 aromatic heterocycles. The Morgan fingerprint density at radius 1 is 0.649 bits per heavy atom. The molecule has 37 heavy (non-hydrogen) atoms. The lowest BCUT2D eigenvalue weighted by Crippen LogP contribution is -1.96. The van der Waals surface area contributed by atoms with Gasteiger partial charge in [0, 0.05) is 10.8 Å². The smallest absolute Gasteiger partial charge is 0.136 e. The van der Waals surface area contributed by atoms with E-state index in [9.17, 15) is 2.74 Å². The zero-order valence-corrected chi connectivity index (χ0v) is 18.8. The molecule has 0 bridgehead atoms. The first-order valence-corrected chi connectivity index (χ1v) is 11.0. The molecule has 0 saturated heterocycles. The van der Waals surface area contributed by atoms with Crippen molar-refractivity contribution < 1.29 is 30.5 Å². The molecule has 0 aliphatic rings. The van der Waals surface area contributed by atoms with Gasteiger partial charge in [-0.15, -0.1) is 0 Å². The van der Waals surface area contributed by atoms with E-state index in [0.717, 1.165) is 18.2 Å². The molecule has 1 nitrogen and oxygen atoms in total. The largest absolute Gasteiger partial charge is 0.456 e. The van der Waals surface area contributed by atoms with Gasteiger partial charge in [-0.25, -0.2) is 0 Å². The number of furan rings is 1. The van der Waals surface area contributed by atoms with Crippen molar-refractivity contribution >= 4 is 55.6 Å². The van der Waals surface area contributed by atoms with Gasteiger partial charge >= 0.3 is 0 Å². The van der Waals surface area contributed by atoms with Crippen LogP contribution in [0.3, 0.4) is 0 Å². The molecule has 0 atom stereocenters. The first-order valence-electron chi connectivity index (χ1n) is 20.6. The van der Waals surface area contributed by atoms with Gasteiger partial charge in [-0.1, -0.05) is 116 Å². The third-order valence-electron chi connectivity index (χ3n) is 6.15. The first kappa shape index (κ1) is 9.53. The summed E-state index contributed by atoms with van der Waals surface area (Å²) >= 11 is 0. The summed E-state index contributed by atoms with van der Waals surface area (Å²) in [6.45, 7) is 1.09. The highest BCUT2D eigenvalue weighted by atomic mass is 16.3. The second-order valence-electron chi connectivity index (χ2n) is 8.03. The van der Waals surface area contributed by atoms with Gasteiger partial charge in [-0.2, -0.15) is 0 Å². The molecule has 0 radical (unpaired) electrons. The predicted octanol–water partition coefficient (Wildman–Crippen LogP) is 10.5. The van der Waals surface area contributed by atoms with Crippen molar-refractivity contribution in [3.05, 3.63) is 133 Å². The second-order valence-corrected chi connectivity index (χ2v) is 8.03. The highest BCUT2D eigenvalue weighted by molar-refractivity contribution is 6.19. The van der Waals surface area contributed by atoms with Crippen LogP contribution < -0.4 is 0 Å². The first-order chi connectivity index (χ1) is 26.3. The Hall–Kier alpha value is -4.88. The lowest BCUT2D eigenvalue weighted by atomic mass is 9.82. The summed E-state index contributed by atoms with van der Waals surface area (Å²) < 4.78 is 171. The van der Waals surface area contributed by atoms with Crippen LogP contribution in [-0.4, -0.2) is 0 Å². The molecule has 0 N–H and O–H groups in total. The van der Waals surface area contributed by atoms with Crippen molar-refractivity contribution in [3.8, 4) is 22.3 Å². The molecule has 1 heteroatoms. The van der Waals surface area contributed by atoms with Crippen LogP contribution in [0, 0.1) is 0 Å². The molecule has 174 valence electrons. The van der Waals surface area contributed by atoms with E-state index in [1.54, 1.807) is 0 Å². The van der Waals surface area contributed by atoms with E-state index >= 15 is 0 Å². The molecule has 0 aliphatic heterocycles. The maximum absolute atomic E-state index is 9.35. The Labute approximate surface area is 242 Å². The standard InChI is InChI=1S/C36H24O/c1-3-26-27(4-2)35(31-17-11-19-33-36(31)30-16-9-10-18-32(30)37-33)29-15-8-7-14-28(29)34(26)25-21-20-23-12-5-6-13-24(23)22-25/h3-22H,1-2H2/i1D,2D,3D,4D,5D,6D,7D,8D,9D,10D,11D,12D,13D,16D,17D,18D,20D,21D,22D. The molecule has 7 rings (SSSR count). The molecule has 0 fully saturated rings. The molecule has 1 heterocycles. The SMILES string of the molecule is [2H]C=C([2H])c1c(C([2H])=C[2H])c(-c2c([2H])c([2H])cc3oc4c([2H])c([2H])c([2H])c([2H])c4c23)c2cc([2H])c([2H])cc2c1-c1c([2H])c([2H])c2c([2H])c([2H])c([2H])c([2H])c2c1[2H]. The second kappa shape index (κ2) is 8.36. The fourth-order valence-corrected chi connectivity index (χ4v) is 4.64. The van der Waals surface area contributed by atoms with E-state index in [2.05, 4.69) is 0 Å². The average Bonchev–Trinajstić information content (AvgIpc) is 3.55. The summed E-state index contributed by atoms with van der Waals surface area (Å²) in [5.74, 6) is 0. The fourth-order valence-electron chi connectivity index (χ4n) is 4.64. The maximum Gasteiger partial charge on any atom is 0.136 e. The van der Waals surface area contributed by atoms with E-state index in [0.29, 0.717) is 13.1 Å². The molecule has 0 amide bonds. The van der Waals surface area contributed by atoms with Crippen LogP contribution in [0.4, 0.5) is 0 Å². The summed E-state index contributed by atoms with van der Waals surface area (Å²) in [6, 6.07) is -7.44. The Balaban J connectivity index is 1.87. The third kappa shape index (κ3) is 3.18. The molecule has 0 spiro atoms. The third-order valence-corrected chi connectivity index (χ3v) is 6.15. The Bertz CT molecular complexity index is 3010. The van der Waals surface area contributed by atoms with Gasteiger partial charge in [0.05, 0.1) is 26.0 Å². The number of hydrogen-bond acceptors (Lipinski definition) is 1. The summed E-state index contributed by atoms with van der Waals surface area (Å²) in [6.07, 6.45) is 0. The minimum atomic E-state index is -0.761. The monoisotopic (exact) mass is 491 g/mol. The highest BCUT2D eigenvalue weighted by Crippen LogP contribution is 2.46. The average molecular weight is 492 g/mol. The van der Waals surface area contributed by atoms with Crippen LogP contribution in [0.2, 0.25) is 0 Å². The minimum Gasteiger partial charge on any atom is -0.456 e. The Morgan fingerprint density at radius 3 is 2.22 bits per heavy atom. The van der Waals surface area contributed by atoms with Gasteiger partial charge in [0.15, 0.2) is 0 Å². The molecule has 0 aliphatic carbocycles. The van der Waals surface area contributed by atoms with Crippen molar-refractivity contribution in [3.63, 3.8) is 0 Å². The van der Waals surface area contributed by atoms with Crippen molar-refractivity contribution in [2.24, 2.45) is 0 Å². The van der Waals surface area contributed by atoms with Crippen LogP contribution in [0.25, 0.3) is 77.8 Å². The van der Waals surface area contributed by atoms with Gasteiger partial charge in [0.25, 0.3) is 0 Å². The van der Waals surface area contributed by atoms with Crippen LogP contribution in [0.15, 0.2) is 126 Å². The summed E-state index contributed by atoms with van der Waals surface area (Å²) in [5.41, 5.74) is -2.77. The summed E-state index contributed by atoms with van der Waals surface area (Å²) in [5, 5.41) is -1.52. The quantitative estimate of drug-likeness (QED) is 0.239. The van der Waals surface area contributed by atoms with E-state index in [4.69, 9.17) is 27.7 Å². The van der Waals surface area contributed by atoms with Gasteiger partial charge in [0.1, 0.15) is 11.2 Å². The van der Waals surface area contributed by atoms with Crippen LogP contribution in [-0.2, 0) is 0 Å². The molecule has 6 aromatic carbocycles. The van der Waals surface area contributed by atoms with Crippen LogP contribution >= 0.6 is 0 Å². The number of hydrogen-bond donors (Lipinski definition) is 0. The van der Waals surface area contributed by atoms with Gasteiger partial charge < -0.3 is 4.42 Å². The predicted molar refractivity (Wildman–Crippen MR) is 160 cm³/mol. The Kier molecular flexibility index (Phi) is 2.15. The molecule has 0 unspecified atom stereocenters. The molecular formula is C36H24O. The van der Waals surface area contributed by atoms with E-state index < -0.39 is 130 Å². The Morgan fingerprint density at radius 2 is 1.38 bits per heavy atom. The lowest BCUT2D eigenvalue weighted by Gasteiger charge is -2.21. The summed E-state index contributed by atoms with van der Waals surface area (Å²) in [4.78, 5) is 0. The van der Waals surface area contributed by atoms with E-state index in [-0.39, 0.29) is 49.4 Å². The number of para-hydroxylation sites is 1. The van der Waals surface area contributed by atoms with Crippen molar-refractivity contribution in [2.45, 2.75) is 0 Å². The van der Waals surface area contributed by atoms with E-state index in [1.807, 2.05) is 0 Å². The topological polar surface area (TPSA) is 13.1 Å². The van der Waals surface area contributed by atoms with Crippen LogP contribution in [0.5, 0.6) is 0 Å². The fraction of sp³-hybridized carbons (Fsp3) is 0. The van der Waals surface area contributed by atoms with E-state index in [1.165, 1.54) is 0 Å². The van der Waals surface area contributed by atoms with Crippen molar-refractivity contribution in [1.82, 2.24) is 0 Å². The van der Waals surface area contributed by atoms with Crippen LogP contribution in [0.1, 0.15) is 37.2 Å². The number of benzene rings is 6. The highest BCUT2D eigenvalue weighted by Gasteiger charge is 2.21. The number of rotatable bonds is 4.